The van der Waals surface area contributed by atoms with Gasteiger partial charge >= 0.3 is 0 Å². The van der Waals surface area contributed by atoms with E-state index in [0.29, 0.717) is 13.0 Å². The van der Waals surface area contributed by atoms with E-state index >= 15 is 0 Å². The van der Waals surface area contributed by atoms with E-state index in [2.05, 4.69) is 5.32 Å². The summed E-state index contributed by atoms with van der Waals surface area (Å²) in [5.41, 5.74) is 6.65. The number of hydrogen-bond donors (Lipinski definition) is 2. The van der Waals surface area contributed by atoms with E-state index in [1.807, 2.05) is 30.3 Å². The molecule has 2 amide bonds. The second kappa shape index (κ2) is 5.18. The molecule has 2 unspecified atom stereocenters. The van der Waals surface area contributed by atoms with Crippen LogP contribution in [-0.4, -0.2) is 36.3 Å². The molecule has 0 aromatic heterocycles. The Labute approximate surface area is 106 Å². The van der Waals surface area contributed by atoms with Crippen molar-refractivity contribution < 1.29 is 9.59 Å². The van der Waals surface area contributed by atoms with Crippen LogP contribution in [0.2, 0.25) is 0 Å². The van der Waals surface area contributed by atoms with Crippen LogP contribution in [0.4, 0.5) is 0 Å². The fraction of sp³-hybridized carbons (Fsp3) is 0.385. The van der Waals surface area contributed by atoms with Gasteiger partial charge in [-0.05, 0) is 5.56 Å². The molecule has 0 saturated carbocycles. The van der Waals surface area contributed by atoms with Gasteiger partial charge in [-0.1, -0.05) is 30.3 Å². The zero-order chi connectivity index (χ0) is 13.1. The third-order valence-electron chi connectivity index (χ3n) is 3.13. The first kappa shape index (κ1) is 12.6. The Hall–Kier alpha value is -1.88. The van der Waals surface area contributed by atoms with Crippen molar-refractivity contribution in [1.29, 1.82) is 0 Å². The number of benzene rings is 1. The molecule has 1 heterocycles. The van der Waals surface area contributed by atoms with Gasteiger partial charge in [0.1, 0.15) is 6.04 Å². The average Bonchev–Trinajstić information content (AvgIpc) is 2.68. The van der Waals surface area contributed by atoms with Crippen molar-refractivity contribution in [1.82, 2.24) is 10.2 Å². The van der Waals surface area contributed by atoms with Crippen LogP contribution in [0.15, 0.2) is 30.3 Å². The van der Waals surface area contributed by atoms with Gasteiger partial charge in [0.25, 0.3) is 0 Å². The number of amides is 2. The van der Waals surface area contributed by atoms with Gasteiger partial charge in [-0.2, -0.15) is 0 Å². The molecule has 1 fully saturated rings. The number of carbonyl (C=O) groups is 2. The predicted molar refractivity (Wildman–Crippen MR) is 67.6 cm³/mol. The van der Waals surface area contributed by atoms with E-state index in [1.165, 1.54) is 0 Å². The molecule has 5 nitrogen and oxygen atoms in total. The van der Waals surface area contributed by atoms with E-state index in [0.717, 1.165) is 5.56 Å². The zero-order valence-corrected chi connectivity index (χ0v) is 10.3. The summed E-state index contributed by atoms with van der Waals surface area (Å²) in [6.45, 7) is 0.548. The van der Waals surface area contributed by atoms with Crippen LogP contribution in [0.3, 0.4) is 0 Å². The summed E-state index contributed by atoms with van der Waals surface area (Å²) < 4.78 is 0. The molecule has 1 aromatic carbocycles. The van der Waals surface area contributed by atoms with E-state index in [1.54, 1.807) is 11.9 Å². The minimum Gasteiger partial charge on any atom is -0.349 e. The number of likely N-dealkylation sites (N-methyl/N-ethyl adjacent to an activating group) is 1. The summed E-state index contributed by atoms with van der Waals surface area (Å²) in [6, 6.07) is 8.37. The highest BCUT2D eigenvalue weighted by molar-refractivity contribution is 5.85. The van der Waals surface area contributed by atoms with Crippen LogP contribution in [0.1, 0.15) is 18.0 Å². The lowest BCUT2D eigenvalue weighted by Crippen LogP contribution is -2.41. The van der Waals surface area contributed by atoms with Crippen molar-refractivity contribution in [3.05, 3.63) is 35.9 Å². The van der Waals surface area contributed by atoms with Gasteiger partial charge in [-0.3, -0.25) is 9.59 Å². The van der Waals surface area contributed by atoms with Gasteiger partial charge in [0.05, 0.1) is 6.04 Å². The van der Waals surface area contributed by atoms with E-state index < -0.39 is 6.04 Å². The van der Waals surface area contributed by atoms with E-state index in [4.69, 9.17) is 5.73 Å². The van der Waals surface area contributed by atoms with Crippen molar-refractivity contribution in [3.63, 3.8) is 0 Å². The molecule has 1 aromatic rings. The Morgan fingerprint density at radius 1 is 1.44 bits per heavy atom. The molecule has 1 aliphatic rings. The number of nitrogens with zero attached hydrogens (tertiary/aromatic N) is 1. The molecule has 5 heteroatoms. The number of rotatable bonds is 3. The third-order valence-corrected chi connectivity index (χ3v) is 3.13. The summed E-state index contributed by atoms with van der Waals surface area (Å²) in [5.74, 6) is -0.192. The van der Waals surface area contributed by atoms with Gasteiger partial charge in [0.15, 0.2) is 0 Å². The topological polar surface area (TPSA) is 75.4 Å². The molecule has 3 N–H and O–H groups in total. The molecule has 18 heavy (non-hydrogen) atoms. The van der Waals surface area contributed by atoms with Gasteiger partial charge in [0.2, 0.25) is 11.8 Å². The second-order valence-corrected chi connectivity index (χ2v) is 4.57. The summed E-state index contributed by atoms with van der Waals surface area (Å²) in [6.07, 6.45) is 0.351. The Kier molecular flexibility index (Phi) is 3.62. The second-order valence-electron chi connectivity index (χ2n) is 4.57. The Balaban J connectivity index is 1.95. The fourth-order valence-corrected chi connectivity index (χ4v) is 2.06. The van der Waals surface area contributed by atoms with Crippen molar-refractivity contribution in [2.24, 2.45) is 5.73 Å². The monoisotopic (exact) mass is 247 g/mol. The lowest BCUT2D eigenvalue weighted by Gasteiger charge is -2.16. The van der Waals surface area contributed by atoms with E-state index in [9.17, 15) is 9.59 Å². The molecule has 0 spiro atoms. The van der Waals surface area contributed by atoms with Crippen LogP contribution < -0.4 is 11.1 Å². The lowest BCUT2D eigenvalue weighted by molar-refractivity contribution is -0.126. The zero-order valence-electron chi connectivity index (χ0n) is 10.3. The minimum absolute atomic E-state index is 0.0496. The smallest absolute Gasteiger partial charge is 0.241 e. The van der Waals surface area contributed by atoms with Crippen molar-refractivity contribution in [2.45, 2.75) is 18.5 Å². The average molecular weight is 247 g/mol. The largest absolute Gasteiger partial charge is 0.349 e. The SMILES string of the molecule is CN1CC(NC(=O)C(N)c2ccccc2)CC1=O. The number of likely N-dealkylation sites (tertiary alicyclic amines) is 1. The fourth-order valence-electron chi connectivity index (χ4n) is 2.06. The standard InChI is InChI=1S/C13H17N3O2/c1-16-8-10(7-11(16)17)15-13(18)12(14)9-5-3-2-4-6-9/h2-6,10,12H,7-8,14H2,1H3,(H,15,18). The Bertz CT molecular complexity index is 447. The summed E-state index contributed by atoms with van der Waals surface area (Å²) in [4.78, 5) is 24.9. The minimum atomic E-state index is -0.688. The summed E-state index contributed by atoms with van der Waals surface area (Å²) >= 11 is 0. The van der Waals surface area contributed by atoms with Crippen LogP contribution in [0.5, 0.6) is 0 Å². The first-order valence-corrected chi connectivity index (χ1v) is 5.93. The first-order chi connectivity index (χ1) is 8.58. The van der Waals surface area contributed by atoms with Crippen LogP contribution in [0.25, 0.3) is 0 Å². The molecule has 1 aliphatic heterocycles. The highest BCUT2D eigenvalue weighted by Gasteiger charge is 2.29. The normalized spacial score (nSPS) is 20.9. The highest BCUT2D eigenvalue weighted by Crippen LogP contribution is 2.12. The van der Waals surface area contributed by atoms with Gasteiger partial charge < -0.3 is 16.0 Å². The van der Waals surface area contributed by atoms with Crippen LogP contribution in [-0.2, 0) is 9.59 Å². The predicted octanol–water partition coefficient (Wildman–Crippen LogP) is 0.0333. The molecule has 2 atom stereocenters. The third kappa shape index (κ3) is 2.68. The molecule has 2 rings (SSSR count). The first-order valence-electron chi connectivity index (χ1n) is 5.93. The van der Waals surface area contributed by atoms with Crippen molar-refractivity contribution in [3.8, 4) is 0 Å². The molecule has 0 bridgehead atoms. The van der Waals surface area contributed by atoms with E-state index in [-0.39, 0.29) is 17.9 Å². The molecule has 0 aliphatic carbocycles. The van der Waals surface area contributed by atoms with Crippen molar-refractivity contribution in [2.75, 3.05) is 13.6 Å². The Morgan fingerprint density at radius 2 is 2.11 bits per heavy atom. The molecule has 96 valence electrons. The summed E-state index contributed by atoms with van der Waals surface area (Å²) in [5, 5.41) is 2.81. The molecule has 1 saturated heterocycles. The quantitative estimate of drug-likeness (QED) is 0.791. The maximum atomic E-state index is 11.9. The number of nitrogens with one attached hydrogen (secondary N) is 1. The van der Waals surface area contributed by atoms with Crippen LogP contribution in [0, 0.1) is 0 Å². The maximum Gasteiger partial charge on any atom is 0.241 e. The highest BCUT2D eigenvalue weighted by atomic mass is 16.2. The van der Waals surface area contributed by atoms with Gasteiger partial charge in [-0.25, -0.2) is 0 Å². The van der Waals surface area contributed by atoms with Gasteiger partial charge in [0, 0.05) is 20.0 Å². The number of carbonyl (C=O) groups excluding carboxylic acids is 2. The maximum absolute atomic E-state index is 11.9. The number of hydrogen-bond acceptors (Lipinski definition) is 3. The van der Waals surface area contributed by atoms with Gasteiger partial charge in [-0.15, -0.1) is 0 Å². The van der Waals surface area contributed by atoms with Crippen LogP contribution >= 0.6 is 0 Å². The molecule has 0 radical (unpaired) electrons. The molecular weight excluding hydrogens is 230 g/mol. The summed E-state index contributed by atoms with van der Waals surface area (Å²) in [7, 11) is 1.73. The van der Waals surface area contributed by atoms with Crippen molar-refractivity contribution >= 4 is 11.8 Å². The lowest BCUT2D eigenvalue weighted by atomic mass is 10.1. The molecular formula is C13H17N3O2. The Morgan fingerprint density at radius 3 is 2.67 bits per heavy atom. The number of nitrogens with two attached hydrogens (primary N) is 1.